The first-order valence-corrected chi connectivity index (χ1v) is 30.2. The molecule has 0 saturated carbocycles. The molecule has 20 N–H and O–H groups in total. The van der Waals surface area contributed by atoms with E-state index in [1.54, 1.807) is 140 Å². The molecule has 7 rings (SSSR count). The summed E-state index contributed by atoms with van der Waals surface area (Å²) in [6, 6.07) is 48.1. The van der Waals surface area contributed by atoms with Crippen LogP contribution in [0.1, 0.15) is 131 Å². The second-order valence-corrected chi connectivity index (χ2v) is 22.4. The molecule has 528 valence electrons. The lowest BCUT2D eigenvalue weighted by Crippen LogP contribution is -2.51. The Labute approximate surface area is 568 Å². The molecule has 0 aliphatic rings. The van der Waals surface area contributed by atoms with Crippen molar-refractivity contribution < 1.29 is 99.5 Å². The Kier molecular flexibility index (Phi) is 35.7. The summed E-state index contributed by atoms with van der Waals surface area (Å²) in [5.74, 6) is -7.72. The lowest BCUT2D eigenvalue weighted by molar-refractivity contribution is -0.135. The highest BCUT2D eigenvalue weighted by Crippen LogP contribution is 2.16. The molecule has 7 aromatic rings. The summed E-state index contributed by atoms with van der Waals surface area (Å²) in [5, 5.41) is 103. The monoisotopic (exact) mass is 1370 g/mol. The molecule has 99 heavy (non-hydrogen) atoms. The van der Waals surface area contributed by atoms with Crippen molar-refractivity contribution in [1.82, 2.24) is 54.0 Å². The van der Waals surface area contributed by atoms with Gasteiger partial charge in [0.15, 0.2) is 0 Å². The van der Waals surface area contributed by atoms with Gasteiger partial charge in [0, 0.05) is 32.7 Å². The summed E-state index contributed by atoms with van der Waals surface area (Å²) < 4.78 is 0. The molecule has 0 saturated heterocycles. The van der Waals surface area contributed by atoms with Gasteiger partial charge in [0.05, 0.1) is 51.5 Å². The zero-order valence-electron chi connectivity index (χ0n) is 54.5. The molecule has 7 aromatic carbocycles. The molecule has 0 aliphatic heterocycles. The van der Waals surface area contributed by atoms with E-state index in [9.17, 15) is 47.9 Å². The molecule has 0 aromatic heterocycles. The number of carboxylic acids is 5. The van der Waals surface area contributed by atoms with Crippen molar-refractivity contribution in [1.29, 1.82) is 0 Å². The maximum absolute atomic E-state index is 11.8. The van der Waals surface area contributed by atoms with Crippen molar-refractivity contribution in [3.8, 4) is 0 Å². The van der Waals surface area contributed by atoms with Crippen LogP contribution >= 0.6 is 0 Å². The van der Waals surface area contributed by atoms with Crippen LogP contribution in [0.25, 0.3) is 0 Å². The number of carbonyl (C=O) groups excluding carboxylic acids is 5. The third-order valence-corrected chi connectivity index (χ3v) is 14.3. The summed E-state index contributed by atoms with van der Waals surface area (Å²) in [7, 11) is 0. The summed E-state index contributed by atoms with van der Waals surface area (Å²) in [6.07, 6.45) is 0.409. The predicted octanol–water partition coefficient (Wildman–Crippen LogP) is 5.44. The number of hydrogen-bond acceptors (Lipinski definition) is 20. The Morgan fingerprint density at radius 2 is 0.687 bits per heavy atom. The van der Waals surface area contributed by atoms with Crippen molar-refractivity contribution in [2.24, 2.45) is 5.92 Å². The molecule has 0 fully saturated rings. The normalized spacial score (nSPS) is 11.7. The van der Waals surface area contributed by atoms with E-state index in [1.807, 2.05) is 50.2 Å². The van der Waals surface area contributed by atoms with Gasteiger partial charge in [-0.15, -0.1) is 0 Å². The molecular weight excluding hydrogens is 1290 g/mol. The van der Waals surface area contributed by atoms with E-state index in [2.05, 4.69) is 26.6 Å². The number of aromatic carboxylic acids is 5. The topological polar surface area (TPSA) is 493 Å². The zero-order chi connectivity index (χ0) is 73.6. The van der Waals surface area contributed by atoms with E-state index in [1.165, 1.54) is 54.0 Å². The number of carboxylic acid groups (broad SMARTS) is 5. The second kappa shape index (κ2) is 43.1. The first kappa shape index (κ1) is 82.1. The van der Waals surface area contributed by atoms with Crippen LogP contribution in [0.2, 0.25) is 0 Å². The number of rotatable bonds is 29. The number of benzene rings is 7. The molecule has 30 nitrogen and oxygen atoms in total. The van der Waals surface area contributed by atoms with Gasteiger partial charge in [0.25, 0.3) is 29.5 Å². The van der Waals surface area contributed by atoms with Crippen molar-refractivity contribution in [2.75, 3.05) is 0 Å². The van der Waals surface area contributed by atoms with E-state index in [4.69, 9.17) is 51.6 Å². The smallest absolute Gasteiger partial charge is 0.335 e. The van der Waals surface area contributed by atoms with Gasteiger partial charge in [-0.05, 0) is 133 Å². The van der Waals surface area contributed by atoms with E-state index in [0.29, 0.717) is 38.2 Å². The fourth-order valence-corrected chi connectivity index (χ4v) is 8.72. The SMILES string of the molecule is CC(C)(NCc1cccc(C(=O)O)c1)C(=O)NO.CC(C)[C@@H](NCc1cccc(C(=O)O)c1)C(=O)NO.C[C@@H](NCc1cccc(C(=O)O)c1)C(=O)NO.O=C(O)c1cccc(CN[C@@H](C(=O)NO)c2ccccc2)c1.O=C(O)c1cccc(CN[C@H](Cc2ccccc2)C(=O)NO)c1. The fraction of sp³-hybridized carbons (Fsp3) is 0.246. The number of amides is 5. The summed E-state index contributed by atoms with van der Waals surface area (Å²) >= 11 is 0. The zero-order valence-corrected chi connectivity index (χ0v) is 54.5. The Balaban J connectivity index is 0.000000324. The third-order valence-electron chi connectivity index (χ3n) is 14.3. The van der Waals surface area contributed by atoms with Gasteiger partial charge in [-0.2, -0.15) is 0 Å². The molecule has 4 atom stereocenters. The highest BCUT2D eigenvalue weighted by Gasteiger charge is 2.27. The third kappa shape index (κ3) is 29.8. The van der Waals surface area contributed by atoms with E-state index in [0.717, 1.165) is 33.4 Å². The maximum Gasteiger partial charge on any atom is 0.335 e. The Morgan fingerprint density at radius 1 is 0.354 bits per heavy atom. The molecular formula is C69H82N10O20. The first-order valence-electron chi connectivity index (χ1n) is 30.2. The van der Waals surface area contributed by atoms with Crippen molar-refractivity contribution >= 4 is 59.4 Å². The Morgan fingerprint density at radius 3 is 1.04 bits per heavy atom. The number of hydrogen-bond donors (Lipinski definition) is 20. The quantitative estimate of drug-likeness (QED) is 0.0205. The van der Waals surface area contributed by atoms with Gasteiger partial charge in [-0.3, -0.25) is 60.6 Å². The van der Waals surface area contributed by atoms with Crippen LogP contribution < -0.4 is 54.0 Å². The second-order valence-electron chi connectivity index (χ2n) is 22.4. The van der Waals surface area contributed by atoms with Crippen molar-refractivity contribution in [3.05, 3.63) is 249 Å². The number of hydroxylamine groups is 5. The van der Waals surface area contributed by atoms with Gasteiger partial charge in [0.1, 0.15) is 6.04 Å². The Bertz CT molecular complexity index is 3790. The van der Waals surface area contributed by atoms with E-state index < -0.39 is 89.1 Å². The average molecular weight is 1370 g/mol. The van der Waals surface area contributed by atoms with Gasteiger partial charge in [0.2, 0.25) is 0 Å². The number of carbonyl (C=O) groups is 10. The Hall–Kier alpha value is -11.2. The maximum atomic E-state index is 11.8. The minimum absolute atomic E-state index is 0.00481. The van der Waals surface area contributed by atoms with Crippen LogP contribution in [-0.2, 0) is 63.1 Å². The summed E-state index contributed by atoms with van der Waals surface area (Å²) in [6.45, 7) is 10.1. The molecule has 0 unspecified atom stereocenters. The molecule has 0 radical (unpaired) electrons. The summed E-state index contributed by atoms with van der Waals surface area (Å²) in [4.78, 5) is 112. The lowest BCUT2D eigenvalue weighted by Gasteiger charge is -2.23. The lowest BCUT2D eigenvalue weighted by atomic mass is 10.0. The largest absolute Gasteiger partial charge is 0.478 e. The minimum atomic E-state index is -1.01. The molecule has 30 heteroatoms. The molecule has 0 bridgehead atoms. The molecule has 0 aliphatic carbocycles. The molecule has 0 heterocycles. The minimum Gasteiger partial charge on any atom is -0.478 e. The van der Waals surface area contributed by atoms with Crippen molar-refractivity contribution in [2.45, 2.75) is 103 Å². The van der Waals surface area contributed by atoms with E-state index >= 15 is 0 Å². The van der Waals surface area contributed by atoms with Gasteiger partial charge < -0.3 is 41.5 Å². The van der Waals surface area contributed by atoms with E-state index in [-0.39, 0.29) is 40.3 Å². The van der Waals surface area contributed by atoms with Crippen LogP contribution in [0.3, 0.4) is 0 Å². The fourth-order valence-electron chi connectivity index (χ4n) is 8.72. The van der Waals surface area contributed by atoms with Gasteiger partial charge in [-0.25, -0.2) is 51.4 Å². The van der Waals surface area contributed by atoms with Crippen LogP contribution in [-0.4, -0.2) is 135 Å². The van der Waals surface area contributed by atoms with Crippen LogP contribution in [0, 0.1) is 5.92 Å². The van der Waals surface area contributed by atoms with Gasteiger partial charge in [-0.1, -0.05) is 135 Å². The van der Waals surface area contributed by atoms with Gasteiger partial charge >= 0.3 is 29.8 Å². The van der Waals surface area contributed by atoms with Crippen LogP contribution in [0.15, 0.2) is 182 Å². The molecule has 0 spiro atoms. The van der Waals surface area contributed by atoms with Crippen molar-refractivity contribution in [3.63, 3.8) is 0 Å². The predicted molar refractivity (Wildman–Crippen MR) is 356 cm³/mol. The molecule has 5 amide bonds. The highest BCUT2D eigenvalue weighted by atomic mass is 16.5. The summed E-state index contributed by atoms with van der Waals surface area (Å²) in [5.41, 5.74) is 13.4. The number of nitrogens with one attached hydrogen (secondary N) is 10. The standard InChI is InChI=1S/C17H18N2O4.C16H16N2O4.C13H18N2O4.C12H16N2O4.C11H14N2O4/c20-16(19-23)15(10-12-5-2-1-3-6-12)18-11-13-7-4-8-14(9-13)17(21)22;19-15(18-22)14(12-6-2-1-3-7-12)17-10-11-5-4-8-13(9-11)16(20)21;1-8(2)11(12(16)15-19)14-7-9-4-3-5-10(6-9)13(17)18;1-12(2,11(17)14-18)13-7-8-4-3-5-9(6-8)10(15)16;1-7(10(14)13-17)12-6-8-3-2-4-9(5-8)11(15)16/h1-9,15,18,23H,10-11H2,(H,19,20)(H,21,22);1-9,14,17,22H,10H2,(H,18,19)(H,20,21);3-6,8,11,14,19H,7H2,1-2H3,(H,15,16)(H,17,18);3-6,13,18H,7H2,1-2H3,(H,14,17)(H,15,16);2-5,7,12,17H,6H2,1H3,(H,13,14)(H,15,16)/t15-;14-;11-;;7-/m111.1/s1. The highest BCUT2D eigenvalue weighted by molar-refractivity contribution is 5.90. The van der Waals surface area contributed by atoms with Crippen LogP contribution in [0.4, 0.5) is 0 Å². The average Bonchev–Trinajstić information content (AvgIpc) is 1.10. The first-order chi connectivity index (χ1) is 47.1. The van der Waals surface area contributed by atoms with Crippen LogP contribution in [0.5, 0.6) is 0 Å².